The molecule has 216 valence electrons. The van der Waals surface area contributed by atoms with E-state index in [-0.39, 0.29) is 25.5 Å². The Hall–Kier alpha value is -4.96. The van der Waals surface area contributed by atoms with Gasteiger partial charge in [0.05, 0.1) is 6.33 Å². The molecule has 0 bridgehead atoms. The van der Waals surface area contributed by atoms with Crippen LogP contribution >= 0.6 is 0 Å². The quantitative estimate of drug-likeness (QED) is 0.206. The number of amides is 2. The minimum Gasteiger partial charge on any atom is -0.480 e. The molecule has 0 saturated heterocycles. The number of likely N-dealkylation sites (N-methyl/N-ethyl adjacent to an activating group) is 1. The lowest BCUT2D eigenvalue weighted by Crippen LogP contribution is -2.55. The van der Waals surface area contributed by atoms with Crippen molar-refractivity contribution in [2.45, 2.75) is 31.0 Å². The molecule has 5 rings (SSSR count). The van der Waals surface area contributed by atoms with Crippen molar-refractivity contribution in [1.82, 2.24) is 25.5 Å². The van der Waals surface area contributed by atoms with Gasteiger partial charge in [-0.3, -0.25) is 9.69 Å². The van der Waals surface area contributed by atoms with Crippen molar-refractivity contribution in [1.29, 1.82) is 0 Å². The van der Waals surface area contributed by atoms with Gasteiger partial charge < -0.3 is 25.5 Å². The molecule has 1 aliphatic carbocycles. The second kappa shape index (κ2) is 13.1. The zero-order valence-electron chi connectivity index (χ0n) is 23.2. The van der Waals surface area contributed by atoms with Crippen LogP contribution in [0.15, 0.2) is 91.4 Å². The van der Waals surface area contributed by atoms with E-state index in [1.165, 1.54) is 12.5 Å². The summed E-state index contributed by atoms with van der Waals surface area (Å²) in [6.45, 7) is 0.737. The number of aromatic amines is 1. The van der Waals surface area contributed by atoms with Crippen molar-refractivity contribution in [3.8, 4) is 11.1 Å². The standard InChI is InChI=1S/C32H33N5O5/c1-37(17-21-9-3-2-4-10-21)18-29(30(38)35-28(31(39)40)15-22-16-33-20-34-22)36-32(41)42-19-27-25-13-7-5-11-23(25)24-12-6-8-14-26(24)27/h2-14,16,20,27-29H,15,17-19H2,1H3,(H,33,34)(H,35,38)(H,36,41)(H,39,40)/t28-,29?/m1/s1. The first-order valence-electron chi connectivity index (χ1n) is 13.7. The third-order valence-electron chi connectivity index (χ3n) is 7.34. The van der Waals surface area contributed by atoms with E-state index in [4.69, 9.17) is 4.74 Å². The predicted molar refractivity (Wildman–Crippen MR) is 157 cm³/mol. The van der Waals surface area contributed by atoms with Crippen molar-refractivity contribution in [2.75, 3.05) is 20.2 Å². The molecular weight excluding hydrogens is 534 g/mol. The molecule has 10 heteroatoms. The number of fused-ring (bicyclic) bond motifs is 3. The van der Waals surface area contributed by atoms with E-state index in [2.05, 4.69) is 32.7 Å². The van der Waals surface area contributed by atoms with Crippen LogP contribution in [0.2, 0.25) is 0 Å². The number of carboxylic acids is 1. The highest BCUT2D eigenvalue weighted by Crippen LogP contribution is 2.44. The molecule has 1 aromatic heterocycles. The topological polar surface area (TPSA) is 137 Å². The monoisotopic (exact) mass is 567 g/mol. The molecular formula is C32H33N5O5. The van der Waals surface area contributed by atoms with Crippen LogP contribution in [-0.2, 0) is 27.3 Å². The Morgan fingerprint density at radius 1 is 0.929 bits per heavy atom. The minimum atomic E-state index is -1.22. The Kier molecular flexibility index (Phi) is 8.93. The van der Waals surface area contributed by atoms with E-state index in [1.54, 1.807) is 0 Å². The zero-order valence-corrected chi connectivity index (χ0v) is 23.2. The molecule has 1 heterocycles. The molecule has 10 nitrogen and oxygen atoms in total. The number of nitrogens with one attached hydrogen (secondary N) is 3. The van der Waals surface area contributed by atoms with Gasteiger partial charge in [0.25, 0.3) is 0 Å². The lowest BCUT2D eigenvalue weighted by atomic mass is 9.98. The van der Waals surface area contributed by atoms with Crippen molar-refractivity contribution >= 4 is 18.0 Å². The highest BCUT2D eigenvalue weighted by molar-refractivity contribution is 5.89. The number of benzene rings is 3. The molecule has 0 fully saturated rings. The van der Waals surface area contributed by atoms with E-state index >= 15 is 0 Å². The number of rotatable bonds is 12. The first-order chi connectivity index (χ1) is 20.4. The van der Waals surface area contributed by atoms with Gasteiger partial charge in [-0.25, -0.2) is 14.6 Å². The average Bonchev–Trinajstić information content (AvgIpc) is 3.62. The van der Waals surface area contributed by atoms with Crippen molar-refractivity contribution in [3.63, 3.8) is 0 Å². The number of alkyl carbamates (subject to hydrolysis) is 1. The number of carboxylic acid groups (broad SMARTS) is 1. The van der Waals surface area contributed by atoms with Gasteiger partial charge in [0.15, 0.2) is 0 Å². The maximum atomic E-state index is 13.4. The van der Waals surface area contributed by atoms with Crippen molar-refractivity contribution in [2.24, 2.45) is 0 Å². The summed E-state index contributed by atoms with van der Waals surface area (Å²) in [4.78, 5) is 47.1. The van der Waals surface area contributed by atoms with Gasteiger partial charge in [-0.15, -0.1) is 0 Å². The zero-order chi connectivity index (χ0) is 29.5. The Balaban J connectivity index is 1.27. The lowest BCUT2D eigenvalue weighted by Gasteiger charge is -2.26. The number of ether oxygens (including phenoxy) is 1. The SMILES string of the molecule is CN(Cc1ccccc1)CC(NC(=O)OCC1c2ccccc2-c2ccccc21)C(=O)N[C@H](Cc1cnc[nH]1)C(=O)O. The number of H-pyrrole nitrogens is 1. The summed E-state index contributed by atoms with van der Waals surface area (Å²) >= 11 is 0. The molecule has 0 aliphatic heterocycles. The molecule has 1 aliphatic rings. The number of nitrogens with zero attached hydrogens (tertiary/aromatic N) is 2. The third-order valence-corrected chi connectivity index (χ3v) is 7.34. The van der Waals surface area contributed by atoms with Gasteiger partial charge in [0.1, 0.15) is 18.7 Å². The fourth-order valence-electron chi connectivity index (χ4n) is 5.34. The first-order valence-corrected chi connectivity index (χ1v) is 13.7. The van der Waals surface area contributed by atoms with Gasteiger partial charge >= 0.3 is 12.1 Å². The van der Waals surface area contributed by atoms with Gasteiger partial charge in [-0.1, -0.05) is 78.9 Å². The molecule has 0 radical (unpaired) electrons. The molecule has 1 unspecified atom stereocenters. The largest absolute Gasteiger partial charge is 0.480 e. The summed E-state index contributed by atoms with van der Waals surface area (Å²) in [6, 6.07) is 23.5. The van der Waals surface area contributed by atoms with Gasteiger partial charge in [0.2, 0.25) is 5.91 Å². The van der Waals surface area contributed by atoms with Crippen molar-refractivity contribution < 1.29 is 24.2 Å². The van der Waals surface area contributed by atoms with E-state index in [0.29, 0.717) is 12.2 Å². The van der Waals surface area contributed by atoms with Crippen LogP contribution in [0, 0.1) is 0 Å². The number of aromatic nitrogens is 2. The molecule has 2 atom stereocenters. The molecule has 0 spiro atoms. The van der Waals surface area contributed by atoms with Crippen LogP contribution in [0.25, 0.3) is 11.1 Å². The summed E-state index contributed by atoms with van der Waals surface area (Å²) in [5.74, 6) is -1.97. The number of imidazole rings is 1. The molecule has 2 amide bonds. The van der Waals surface area contributed by atoms with Gasteiger partial charge in [0, 0.05) is 37.3 Å². The summed E-state index contributed by atoms with van der Waals surface area (Å²) in [6.07, 6.45) is 2.20. The smallest absolute Gasteiger partial charge is 0.407 e. The van der Waals surface area contributed by atoms with E-state index < -0.39 is 30.1 Å². The molecule has 4 aromatic rings. The van der Waals surface area contributed by atoms with Crippen LogP contribution in [0.3, 0.4) is 0 Å². The Bertz CT molecular complexity index is 1480. The molecule has 42 heavy (non-hydrogen) atoms. The third kappa shape index (κ3) is 6.84. The summed E-state index contributed by atoms with van der Waals surface area (Å²) in [5, 5.41) is 15.0. The number of aliphatic carboxylic acids is 1. The fraction of sp³-hybridized carbons (Fsp3) is 0.250. The maximum absolute atomic E-state index is 13.4. The summed E-state index contributed by atoms with van der Waals surface area (Å²) in [7, 11) is 1.83. The first kappa shape index (κ1) is 28.6. The molecule has 4 N–H and O–H groups in total. The summed E-state index contributed by atoms with van der Waals surface area (Å²) in [5.41, 5.74) is 5.96. The second-order valence-corrected chi connectivity index (χ2v) is 10.4. The Morgan fingerprint density at radius 3 is 2.19 bits per heavy atom. The lowest BCUT2D eigenvalue weighted by molar-refractivity contribution is -0.142. The second-order valence-electron chi connectivity index (χ2n) is 10.4. The minimum absolute atomic E-state index is 0.0125. The number of carbonyl (C=O) groups excluding carboxylic acids is 2. The van der Waals surface area contributed by atoms with Gasteiger partial charge in [-0.2, -0.15) is 0 Å². The van der Waals surface area contributed by atoms with E-state index in [0.717, 1.165) is 27.8 Å². The predicted octanol–water partition coefficient (Wildman–Crippen LogP) is 3.56. The Morgan fingerprint density at radius 2 is 1.57 bits per heavy atom. The van der Waals surface area contributed by atoms with Crippen LogP contribution in [0.4, 0.5) is 4.79 Å². The van der Waals surface area contributed by atoms with Crippen LogP contribution in [-0.4, -0.2) is 70.2 Å². The van der Waals surface area contributed by atoms with Crippen LogP contribution in [0.5, 0.6) is 0 Å². The summed E-state index contributed by atoms with van der Waals surface area (Å²) < 4.78 is 5.68. The van der Waals surface area contributed by atoms with Gasteiger partial charge in [-0.05, 0) is 34.9 Å². The number of carbonyl (C=O) groups is 3. The maximum Gasteiger partial charge on any atom is 0.407 e. The fourth-order valence-corrected chi connectivity index (χ4v) is 5.34. The molecule has 0 saturated carbocycles. The number of hydrogen-bond acceptors (Lipinski definition) is 6. The normalized spacial score (nSPS) is 13.6. The molecule has 3 aromatic carbocycles. The highest BCUT2D eigenvalue weighted by atomic mass is 16.5. The number of hydrogen-bond donors (Lipinski definition) is 4. The Labute approximate surface area is 243 Å². The van der Waals surface area contributed by atoms with Crippen LogP contribution < -0.4 is 10.6 Å². The average molecular weight is 568 g/mol. The van der Waals surface area contributed by atoms with E-state index in [1.807, 2.05) is 78.7 Å². The highest BCUT2D eigenvalue weighted by Gasteiger charge is 2.31. The van der Waals surface area contributed by atoms with Crippen LogP contribution in [0.1, 0.15) is 28.3 Å². The van der Waals surface area contributed by atoms with Crippen molar-refractivity contribution in [3.05, 3.63) is 114 Å². The van der Waals surface area contributed by atoms with E-state index in [9.17, 15) is 19.5 Å².